The third-order valence-electron chi connectivity index (χ3n) is 3.61. The minimum atomic E-state index is -0.538. The van der Waals surface area contributed by atoms with Gasteiger partial charge in [-0.2, -0.15) is 0 Å². The summed E-state index contributed by atoms with van der Waals surface area (Å²) in [7, 11) is 0. The van der Waals surface area contributed by atoms with Crippen LogP contribution in [-0.4, -0.2) is 16.1 Å². The number of nitrogens with zero attached hydrogens (tertiary/aromatic N) is 2. The fraction of sp³-hybridized carbons (Fsp3) is 0.167. The highest BCUT2D eigenvalue weighted by atomic mass is 16.5. The summed E-state index contributed by atoms with van der Waals surface area (Å²) in [6, 6.07) is 13.8. The Labute approximate surface area is 138 Å². The lowest BCUT2D eigenvalue weighted by Crippen LogP contribution is -2.08. The van der Waals surface area contributed by atoms with E-state index in [4.69, 9.17) is 14.0 Å². The Morgan fingerprint density at radius 2 is 1.88 bits per heavy atom. The minimum Gasteiger partial charge on any atom is -0.439 e. The summed E-state index contributed by atoms with van der Waals surface area (Å²) in [4.78, 5) is 16.1. The molecule has 1 aliphatic rings. The second-order valence-electron chi connectivity index (χ2n) is 5.52. The molecule has 0 aliphatic heterocycles. The number of pyridine rings is 1. The zero-order chi connectivity index (χ0) is 16.4. The van der Waals surface area contributed by atoms with Gasteiger partial charge in [0, 0.05) is 24.2 Å². The number of esters is 1. The molecule has 6 heteroatoms. The topological polar surface area (TPSA) is 74.5 Å². The summed E-state index contributed by atoms with van der Waals surface area (Å²) >= 11 is 0. The molecule has 0 spiro atoms. The molecule has 0 atom stereocenters. The van der Waals surface area contributed by atoms with Gasteiger partial charge in [-0.25, -0.2) is 9.78 Å². The lowest BCUT2D eigenvalue weighted by Gasteiger charge is -2.05. The van der Waals surface area contributed by atoms with Crippen LogP contribution in [0.4, 0.5) is 0 Å². The maximum absolute atomic E-state index is 12.1. The van der Waals surface area contributed by atoms with Crippen molar-refractivity contribution in [2.24, 2.45) is 0 Å². The van der Waals surface area contributed by atoms with E-state index in [2.05, 4.69) is 10.1 Å². The van der Waals surface area contributed by atoms with Gasteiger partial charge in [0.15, 0.2) is 5.69 Å². The number of hydrogen-bond acceptors (Lipinski definition) is 6. The summed E-state index contributed by atoms with van der Waals surface area (Å²) in [5.74, 6) is 2.12. The van der Waals surface area contributed by atoms with Crippen molar-refractivity contribution in [3.8, 4) is 17.4 Å². The van der Waals surface area contributed by atoms with Crippen molar-refractivity contribution < 1.29 is 18.8 Å². The molecule has 1 fully saturated rings. The van der Waals surface area contributed by atoms with Gasteiger partial charge in [0.2, 0.25) is 5.88 Å². The van der Waals surface area contributed by atoms with E-state index < -0.39 is 5.97 Å². The van der Waals surface area contributed by atoms with Crippen LogP contribution in [-0.2, 0) is 0 Å². The van der Waals surface area contributed by atoms with Gasteiger partial charge in [-0.05, 0) is 43.2 Å². The summed E-state index contributed by atoms with van der Waals surface area (Å²) in [5, 5.41) is 3.76. The molecular weight excluding hydrogens is 308 g/mol. The summed E-state index contributed by atoms with van der Waals surface area (Å²) < 4.78 is 16.0. The molecule has 1 aromatic carbocycles. The molecular formula is C18H14N2O4. The molecule has 3 aromatic rings. The second-order valence-corrected chi connectivity index (χ2v) is 5.52. The molecule has 2 heterocycles. The number of carbonyl (C=O) groups excluding carboxylic acids is 1. The monoisotopic (exact) mass is 322 g/mol. The Balaban J connectivity index is 1.40. The van der Waals surface area contributed by atoms with Crippen LogP contribution >= 0.6 is 0 Å². The quantitative estimate of drug-likeness (QED) is 0.523. The standard InChI is InChI=1S/C18H14N2O4/c21-18(15-11-16(24-20-15)12-4-5-12)23-14-8-6-13(7-9-14)22-17-3-1-2-10-19-17/h1-3,6-12H,4-5H2. The average molecular weight is 322 g/mol. The molecule has 24 heavy (non-hydrogen) atoms. The number of aromatic nitrogens is 2. The SMILES string of the molecule is O=C(Oc1ccc(Oc2ccccn2)cc1)c1cc(C2CC2)on1. The maximum Gasteiger partial charge on any atom is 0.365 e. The Kier molecular flexibility index (Phi) is 3.70. The van der Waals surface area contributed by atoms with E-state index in [0.717, 1.165) is 18.6 Å². The largest absolute Gasteiger partial charge is 0.439 e. The van der Waals surface area contributed by atoms with Crippen LogP contribution in [0.3, 0.4) is 0 Å². The van der Waals surface area contributed by atoms with Crippen molar-refractivity contribution in [2.45, 2.75) is 18.8 Å². The van der Waals surface area contributed by atoms with Crippen LogP contribution in [0.15, 0.2) is 59.3 Å². The van der Waals surface area contributed by atoms with Gasteiger partial charge >= 0.3 is 5.97 Å². The van der Waals surface area contributed by atoms with E-state index in [1.165, 1.54) is 0 Å². The predicted molar refractivity (Wildman–Crippen MR) is 84.2 cm³/mol. The Bertz CT molecular complexity index is 839. The van der Waals surface area contributed by atoms with Gasteiger partial charge in [0.05, 0.1) is 0 Å². The molecule has 0 saturated heterocycles. The van der Waals surface area contributed by atoms with Crippen LogP contribution in [0.1, 0.15) is 35.0 Å². The molecule has 0 radical (unpaired) electrons. The third kappa shape index (κ3) is 3.27. The Hall–Kier alpha value is -3.15. The van der Waals surface area contributed by atoms with Gasteiger partial charge in [-0.15, -0.1) is 0 Å². The first-order valence-corrected chi connectivity index (χ1v) is 7.66. The lowest BCUT2D eigenvalue weighted by atomic mass is 10.3. The second kappa shape index (κ2) is 6.16. The highest BCUT2D eigenvalue weighted by Gasteiger charge is 2.29. The van der Waals surface area contributed by atoms with Crippen molar-refractivity contribution in [3.05, 3.63) is 66.2 Å². The van der Waals surface area contributed by atoms with Crippen molar-refractivity contribution in [3.63, 3.8) is 0 Å². The van der Waals surface area contributed by atoms with E-state index in [9.17, 15) is 4.79 Å². The molecule has 1 saturated carbocycles. The summed E-state index contributed by atoms with van der Waals surface area (Å²) in [6.07, 6.45) is 3.82. The number of rotatable bonds is 5. The van der Waals surface area contributed by atoms with Gasteiger partial charge in [-0.1, -0.05) is 11.2 Å². The number of hydrogen-bond donors (Lipinski definition) is 0. The van der Waals surface area contributed by atoms with Crippen LogP contribution in [0.25, 0.3) is 0 Å². The fourth-order valence-electron chi connectivity index (χ4n) is 2.21. The smallest absolute Gasteiger partial charge is 0.365 e. The van der Waals surface area contributed by atoms with Crippen LogP contribution in [0.5, 0.6) is 17.4 Å². The zero-order valence-corrected chi connectivity index (χ0v) is 12.7. The van der Waals surface area contributed by atoms with Gasteiger partial charge in [0.1, 0.15) is 17.3 Å². The van der Waals surface area contributed by atoms with Gasteiger partial charge in [0.25, 0.3) is 0 Å². The highest BCUT2D eigenvalue weighted by Crippen LogP contribution is 2.40. The minimum absolute atomic E-state index is 0.186. The normalized spacial score (nSPS) is 13.5. The number of carbonyl (C=O) groups is 1. The van der Waals surface area contributed by atoms with E-state index in [0.29, 0.717) is 23.3 Å². The molecule has 0 unspecified atom stereocenters. The number of benzene rings is 1. The van der Waals surface area contributed by atoms with E-state index >= 15 is 0 Å². The van der Waals surface area contributed by atoms with Crippen molar-refractivity contribution in [1.29, 1.82) is 0 Å². The van der Waals surface area contributed by atoms with Crippen LogP contribution < -0.4 is 9.47 Å². The number of ether oxygens (including phenoxy) is 2. The predicted octanol–water partition coefficient (Wildman–Crippen LogP) is 3.96. The van der Waals surface area contributed by atoms with Crippen molar-refractivity contribution >= 4 is 5.97 Å². The molecule has 6 nitrogen and oxygen atoms in total. The first-order valence-electron chi connectivity index (χ1n) is 7.66. The molecule has 0 bridgehead atoms. The molecule has 1 aliphatic carbocycles. The first-order chi connectivity index (χ1) is 11.8. The van der Waals surface area contributed by atoms with Crippen molar-refractivity contribution in [2.75, 3.05) is 0 Å². The maximum atomic E-state index is 12.1. The molecule has 2 aromatic heterocycles. The summed E-state index contributed by atoms with van der Waals surface area (Å²) in [5.41, 5.74) is 0.186. The van der Waals surface area contributed by atoms with E-state index in [1.54, 1.807) is 42.6 Å². The summed E-state index contributed by atoms with van der Waals surface area (Å²) in [6.45, 7) is 0. The fourth-order valence-corrected chi connectivity index (χ4v) is 2.21. The van der Waals surface area contributed by atoms with Crippen LogP contribution in [0, 0.1) is 0 Å². The Morgan fingerprint density at radius 3 is 2.58 bits per heavy atom. The van der Waals surface area contributed by atoms with Gasteiger partial charge in [-0.3, -0.25) is 0 Å². The van der Waals surface area contributed by atoms with Gasteiger partial charge < -0.3 is 14.0 Å². The van der Waals surface area contributed by atoms with Crippen molar-refractivity contribution in [1.82, 2.24) is 10.1 Å². The zero-order valence-electron chi connectivity index (χ0n) is 12.7. The van der Waals surface area contributed by atoms with E-state index in [1.807, 2.05) is 12.1 Å². The molecule has 120 valence electrons. The molecule has 0 N–H and O–H groups in total. The molecule has 0 amide bonds. The highest BCUT2D eigenvalue weighted by molar-refractivity contribution is 5.89. The average Bonchev–Trinajstić information content (AvgIpc) is 3.34. The van der Waals surface area contributed by atoms with E-state index in [-0.39, 0.29) is 5.69 Å². The Morgan fingerprint density at radius 1 is 1.08 bits per heavy atom. The lowest BCUT2D eigenvalue weighted by molar-refractivity contribution is 0.0723. The first kappa shape index (κ1) is 14.4. The van der Waals surface area contributed by atoms with Crippen LogP contribution in [0.2, 0.25) is 0 Å². The third-order valence-corrected chi connectivity index (χ3v) is 3.61. The molecule has 4 rings (SSSR count).